The Labute approximate surface area is 279 Å². The predicted molar refractivity (Wildman–Crippen MR) is 173 cm³/mol. The zero-order valence-corrected chi connectivity index (χ0v) is 26.7. The molecule has 5 heterocycles. The van der Waals surface area contributed by atoms with Crippen LogP contribution in [-0.4, -0.2) is 67.1 Å². The first-order valence-corrected chi connectivity index (χ1v) is 16.7. The molecule has 1 fully saturated rings. The third-order valence-electron chi connectivity index (χ3n) is 9.29. The Balaban J connectivity index is 1.14. The highest BCUT2D eigenvalue weighted by atomic mass is 32.1. The molecule has 2 aromatic carbocycles. The number of nitrogens with zero attached hydrogens (tertiary/aromatic N) is 5. The van der Waals surface area contributed by atoms with Crippen LogP contribution in [0.4, 0.5) is 18.3 Å². The van der Waals surface area contributed by atoms with Crippen molar-refractivity contribution in [3.05, 3.63) is 99.1 Å². The molecule has 2 amide bonds. The van der Waals surface area contributed by atoms with E-state index in [0.29, 0.717) is 22.3 Å². The zero-order chi connectivity index (χ0) is 33.4. The minimum Gasteiger partial charge on any atom is -0.396 e. The van der Waals surface area contributed by atoms with Crippen LogP contribution in [0.2, 0.25) is 0 Å². The number of hydrogen-bond acceptors (Lipinski definition) is 7. The number of aliphatic hydroxyl groups is 1. The number of carbonyl (C=O) groups is 2. The first-order chi connectivity index (χ1) is 23.3. The lowest BCUT2D eigenvalue weighted by atomic mass is 9.97. The average molecular weight is 675 g/mol. The highest BCUT2D eigenvalue weighted by Crippen LogP contribution is 2.39. The van der Waals surface area contributed by atoms with Gasteiger partial charge in [0.15, 0.2) is 11.2 Å². The molecule has 0 saturated carbocycles. The lowest BCUT2D eigenvalue weighted by molar-refractivity contribution is -0.121. The van der Waals surface area contributed by atoms with Crippen molar-refractivity contribution in [2.24, 2.45) is 5.92 Å². The number of piperidine rings is 1. The molecule has 13 heteroatoms. The van der Waals surface area contributed by atoms with E-state index in [9.17, 15) is 27.9 Å². The third-order valence-corrected chi connectivity index (χ3v) is 9.97. The number of halogens is 3. The molecule has 0 bridgehead atoms. The minimum absolute atomic E-state index is 0.0254. The first-order valence-electron chi connectivity index (χ1n) is 15.9. The van der Waals surface area contributed by atoms with E-state index in [1.807, 2.05) is 24.3 Å². The van der Waals surface area contributed by atoms with Crippen molar-refractivity contribution in [2.75, 3.05) is 25.0 Å². The molecule has 2 N–H and O–H groups in total. The number of imidazole rings is 1. The number of rotatable bonds is 8. The van der Waals surface area contributed by atoms with E-state index in [1.165, 1.54) is 40.9 Å². The number of anilines is 1. The molecule has 3 aliphatic heterocycles. The summed E-state index contributed by atoms with van der Waals surface area (Å²) in [5.41, 5.74) is 2.62. The average Bonchev–Trinajstić information content (AvgIpc) is 3.88. The van der Waals surface area contributed by atoms with Crippen molar-refractivity contribution in [3.8, 4) is 11.8 Å². The molecule has 0 unspecified atom stereocenters. The van der Waals surface area contributed by atoms with Crippen LogP contribution in [0, 0.1) is 17.8 Å². The van der Waals surface area contributed by atoms with Gasteiger partial charge in [-0.25, -0.2) is 23.1 Å². The molecule has 48 heavy (non-hydrogen) atoms. The molecule has 0 spiro atoms. The lowest BCUT2D eigenvalue weighted by Crippen LogP contribution is -2.38. The number of benzene rings is 2. The molecule has 3 aliphatic rings. The van der Waals surface area contributed by atoms with Gasteiger partial charge in [-0.15, -0.1) is 11.3 Å². The van der Waals surface area contributed by atoms with Crippen molar-refractivity contribution in [1.29, 1.82) is 0 Å². The molecule has 0 radical (unpaired) electrons. The van der Waals surface area contributed by atoms with Crippen molar-refractivity contribution in [3.63, 3.8) is 0 Å². The van der Waals surface area contributed by atoms with Gasteiger partial charge in [-0.2, -0.15) is 0 Å². The molecular weight excluding hydrogens is 641 g/mol. The Bertz CT molecular complexity index is 1880. The number of alkyl halides is 3. The lowest BCUT2D eigenvalue weighted by Gasteiger charge is -2.31. The maximum atomic E-state index is 14.5. The molecule has 7 rings (SSSR count). The van der Waals surface area contributed by atoms with Gasteiger partial charge in [-0.3, -0.25) is 19.8 Å². The van der Waals surface area contributed by atoms with E-state index >= 15 is 0 Å². The number of aromatic nitrogens is 3. The Hall–Kier alpha value is -4.51. The molecule has 1 saturated heterocycles. The summed E-state index contributed by atoms with van der Waals surface area (Å²) < 4.78 is 44.9. The maximum Gasteiger partial charge on any atom is 0.264 e. The summed E-state index contributed by atoms with van der Waals surface area (Å²) in [7, 11) is 0. The number of likely N-dealkylation sites (tertiary alicyclic amines) is 1. The van der Waals surface area contributed by atoms with Gasteiger partial charge in [0.2, 0.25) is 0 Å². The Kier molecular flexibility index (Phi) is 9.04. The summed E-state index contributed by atoms with van der Waals surface area (Å²) >= 11 is 1.19. The fraction of sp³-hybridized carbons (Fsp3) is 0.371. The number of amides is 2. The van der Waals surface area contributed by atoms with Gasteiger partial charge < -0.3 is 14.6 Å². The quantitative estimate of drug-likeness (QED) is 0.252. The molecule has 9 nitrogen and oxygen atoms in total. The fourth-order valence-corrected chi connectivity index (χ4v) is 7.28. The van der Waals surface area contributed by atoms with E-state index in [4.69, 9.17) is 0 Å². The van der Waals surface area contributed by atoms with E-state index in [-0.39, 0.29) is 54.1 Å². The largest absolute Gasteiger partial charge is 0.396 e. The van der Waals surface area contributed by atoms with Gasteiger partial charge >= 0.3 is 0 Å². The fourth-order valence-electron chi connectivity index (χ4n) is 6.75. The van der Waals surface area contributed by atoms with E-state index in [2.05, 4.69) is 32.0 Å². The van der Waals surface area contributed by atoms with Gasteiger partial charge in [0.05, 0.1) is 18.6 Å². The molecule has 2 aromatic heterocycles. The second kappa shape index (κ2) is 13.5. The van der Waals surface area contributed by atoms with Crippen molar-refractivity contribution >= 4 is 28.3 Å². The van der Waals surface area contributed by atoms with E-state index in [1.54, 1.807) is 9.95 Å². The second-order valence-corrected chi connectivity index (χ2v) is 13.3. The van der Waals surface area contributed by atoms with E-state index < -0.39 is 30.5 Å². The van der Waals surface area contributed by atoms with Crippen LogP contribution in [0.3, 0.4) is 0 Å². The molecule has 0 aliphatic carbocycles. The number of fused-ring (bicyclic) bond motifs is 2. The highest BCUT2D eigenvalue weighted by Gasteiger charge is 2.43. The first kappa shape index (κ1) is 32.1. The van der Waals surface area contributed by atoms with Crippen LogP contribution in [0.25, 0.3) is 0 Å². The normalized spacial score (nSPS) is 18.5. The number of carbonyl (C=O) groups excluding carboxylic acids is 2. The van der Waals surface area contributed by atoms with Gasteiger partial charge in [0, 0.05) is 65.6 Å². The third kappa shape index (κ3) is 6.48. The van der Waals surface area contributed by atoms with Gasteiger partial charge in [-0.05, 0) is 67.2 Å². The number of thiazole rings is 1. The summed E-state index contributed by atoms with van der Waals surface area (Å²) in [5.74, 6) is 5.12. The smallest absolute Gasteiger partial charge is 0.264 e. The Morgan fingerprint density at radius 2 is 1.88 bits per heavy atom. The minimum atomic E-state index is -2.89. The molecule has 4 aromatic rings. The van der Waals surface area contributed by atoms with Crippen LogP contribution >= 0.6 is 11.3 Å². The SMILES string of the molecule is O=C(Nc1nccs1)[C@@H](c1ncn2c1C[C@@H](F)C2)N1Cc2c(cc(C#Cc3ccc(CN4CCC(CO)CC4)cc3)cc2C(F)F)C1=O. The predicted octanol–water partition coefficient (Wildman–Crippen LogP) is 5.11. The van der Waals surface area contributed by atoms with Crippen molar-refractivity contribution < 1.29 is 27.9 Å². The van der Waals surface area contributed by atoms with Gasteiger partial charge in [0.1, 0.15) is 6.17 Å². The molecular formula is C35H33F3N6O3S. The van der Waals surface area contributed by atoms with E-state index in [0.717, 1.165) is 38.0 Å². The maximum absolute atomic E-state index is 14.5. The van der Waals surface area contributed by atoms with Crippen molar-refractivity contribution in [2.45, 2.75) is 57.5 Å². The monoisotopic (exact) mass is 674 g/mol. The highest BCUT2D eigenvalue weighted by molar-refractivity contribution is 7.13. The standard InChI is InChI=1S/C35H33F3N6O3S/c36-25-15-29-30(40-20-43(29)17-25)31(33(46)41-35-39-9-12-48-35)44-18-28-26(32(37)38)13-24(14-27(28)34(44)47)6-3-21-1-4-22(5-2-21)16-42-10-7-23(19-45)8-11-42/h1-2,4-5,9,12-14,20,23,25,31-32,45H,7-8,10-11,15-19H2,(H,39,41,46)/t25-,31-/m1/s1. The number of nitrogens with one attached hydrogen (secondary N) is 1. The Morgan fingerprint density at radius 3 is 2.58 bits per heavy atom. The zero-order valence-electron chi connectivity index (χ0n) is 25.9. The topological polar surface area (TPSA) is 104 Å². The second-order valence-electron chi connectivity index (χ2n) is 12.4. The Morgan fingerprint density at radius 1 is 1.10 bits per heavy atom. The van der Waals surface area contributed by atoms with Crippen molar-refractivity contribution in [1.82, 2.24) is 24.3 Å². The molecule has 248 valence electrons. The van der Waals surface area contributed by atoms with Crippen LogP contribution < -0.4 is 5.32 Å². The summed E-state index contributed by atoms with van der Waals surface area (Å²) in [6, 6.07) is 9.24. The number of hydrogen-bond donors (Lipinski definition) is 2. The van der Waals surface area contributed by atoms with Crippen LogP contribution in [0.1, 0.15) is 74.9 Å². The summed E-state index contributed by atoms with van der Waals surface area (Å²) in [4.78, 5) is 39.7. The van der Waals surface area contributed by atoms with Crippen LogP contribution in [0.5, 0.6) is 0 Å². The van der Waals surface area contributed by atoms with Crippen LogP contribution in [-0.2, 0) is 30.8 Å². The summed E-state index contributed by atoms with van der Waals surface area (Å²) in [6.45, 7) is 2.74. The summed E-state index contributed by atoms with van der Waals surface area (Å²) in [6.07, 6.45) is 0.894. The van der Waals surface area contributed by atoms with Gasteiger partial charge in [-0.1, -0.05) is 24.0 Å². The summed E-state index contributed by atoms with van der Waals surface area (Å²) in [5, 5.41) is 14.1. The number of aliphatic hydroxyl groups excluding tert-OH is 1. The molecule has 2 atom stereocenters. The van der Waals surface area contributed by atoms with Gasteiger partial charge in [0.25, 0.3) is 18.2 Å². The van der Waals surface area contributed by atoms with Crippen LogP contribution in [0.15, 0.2) is 54.3 Å².